The summed E-state index contributed by atoms with van der Waals surface area (Å²) < 4.78 is 1.10. The van der Waals surface area contributed by atoms with Crippen LogP contribution in [0.4, 0.5) is 0 Å². The van der Waals surface area contributed by atoms with E-state index < -0.39 is 0 Å². The second-order valence-corrected chi connectivity index (χ2v) is 9.21. The van der Waals surface area contributed by atoms with E-state index >= 15 is 0 Å². The maximum Gasteiger partial charge on any atom is 0.0713 e. The summed E-state index contributed by atoms with van der Waals surface area (Å²) in [4.78, 5) is 0. The van der Waals surface area contributed by atoms with Crippen LogP contribution >= 0.6 is 15.9 Å². The molecule has 0 heterocycles. The maximum absolute atomic E-state index is 3.63. The van der Waals surface area contributed by atoms with Gasteiger partial charge in [0.1, 0.15) is 0 Å². The van der Waals surface area contributed by atoms with Gasteiger partial charge < -0.3 is 0 Å². The van der Waals surface area contributed by atoms with E-state index in [1.165, 1.54) is 44.5 Å². The zero-order chi connectivity index (χ0) is 21.5. The molecular weight excluding hydrogens is 452 g/mol. The number of rotatable bonds is 3. The van der Waals surface area contributed by atoms with E-state index in [-0.39, 0.29) is 5.41 Å². The quantitative estimate of drug-likeness (QED) is 0.242. The van der Waals surface area contributed by atoms with Crippen LogP contribution in [0.2, 0.25) is 0 Å². The molecule has 0 aliphatic heterocycles. The van der Waals surface area contributed by atoms with Crippen molar-refractivity contribution in [2.45, 2.75) is 5.41 Å². The van der Waals surface area contributed by atoms with E-state index in [1.54, 1.807) is 0 Å². The Hall–Kier alpha value is -3.42. The van der Waals surface area contributed by atoms with Crippen molar-refractivity contribution in [2.75, 3.05) is 0 Å². The summed E-state index contributed by atoms with van der Waals surface area (Å²) in [6, 6.07) is 46.2. The Kier molecular flexibility index (Phi) is 4.59. The molecule has 0 spiro atoms. The average Bonchev–Trinajstić information content (AvgIpc) is 3.16. The lowest BCUT2D eigenvalue weighted by atomic mass is 9.67. The third-order valence-corrected chi connectivity index (χ3v) is 7.11. The van der Waals surface area contributed by atoms with Crippen LogP contribution in [-0.4, -0.2) is 0 Å². The van der Waals surface area contributed by atoms with Gasteiger partial charge in [0.25, 0.3) is 0 Å². The number of hydrogen-bond donors (Lipinski definition) is 0. The number of hydrogen-bond acceptors (Lipinski definition) is 0. The molecule has 0 nitrogen and oxygen atoms in total. The number of fused-ring (bicyclic) bond motifs is 3. The molecule has 1 aliphatic rings. The second kappa shape index (κ2) is 7.62. The van der Waals surface area contributed by atoms with Crippen LogP contribution in [0.3, 0.4) is 0 Å². The van der Waals surface area contributed by atoms with Crippen LogP contribution in [0.25, 0.3) is 22.3 Å². The van der Waals surface area contributed by atoms with Crippen molar-refractivity contribution in [2.24, 2.45) is 0 Å². The summed E-state index contributed by atoms with van der Waals surface area (Å²) in [5.74, 6) is 0. The third-order valence-electron chi connectivity index (χ3n) is 6.62. The van der Waals surface area contributed by atoms with E-state index in [0.29, 0.717) is 0 Å². The lowest BCUT2D eigenvalue weighted by Crippen LogP contribution is -2.28. The molecule has 0 N–H and O–H groups in total. The van der Waals surface area contributed by atoms with Crippen molar-refractivity contribution in [1.82, 2.24) is 0 Å². The van der Waals surface area contributed by atoms with Crippen molar-refractivity contribution in [3.8, 4) is 22.3 Å². The van der Waals surface area contributed by atoms with Crippen LogP contribution in [0.5, 0.6) is 0 Å². The van der Waals surface area contributed by atoms with Crippen molar-refractivity contribution in [1.29, 1.82) is 0 Å². The zero-order valence-electron chi connectivity index (χ0n) is 17.5. The Balaban J connectivity index is 1.70. The fourth-order valence-electron chi connectivity index (χ4n) is 5.30. The molecule has 0 radical (unpaired) electrons. The predicted octanol–water partition coefficient (Wildman–Crippen LogP) is 8.48. The molecule has 5 aromatic carbocycles. The average molecular weight is 473 g/mol. The topological polar surface area (TPSA) is 0 Å². The Bertz CT molecular complexity index is 1380. The van der Waals surface area contributed by atoms with Crippen LogP contribution < -0.4 is 0 Å². The van der Waals surface area contributed by atoms with Gasteiger partial charge in [0.2, 0.25) is 0 Å². The first-order valence-corrected chi connectivity index (χ1v) is 11.7. The third kappa shape index (κ3) is 2.82. The largest absolute Gasteiger partial charge is 0.0713 e. The smallest absolute Gasteiger partial charge is 0.0622 e. The summed E-state index contributed by atoms with van der Waals surface area (Å²) in [5.41, 5.74) is 10.0. The van der Waals surface area contributed by atoms with Crippen molar-refractivity contribution in [3.05, 3.63) is 154 Å². The Morgan fingerprint density at radius 3 is 1.72 bits per heavy atom. The molecule has 0 amide bonds. The molecule has 0 fully saturated rings. The summed E-state index contributed by atoms with van der Waals surface area (Å²) >= 11 is 3.63. The number of benzene rings is 5. The SMILES string of the molecule is Brc1cccc(-c2ccc3c(c2)-c2ccccc2C3(c2ccccc2)c2ccccc2)c1. The highest BCUT2D eigenvalue weighted by Crippen LogP contribution is 2.56. The van der Waals surface area contributed by atoms with Gasteiger partial charge in [-0.1, -0.05) is 125 Å². The maximum atomic E-state index is 3.63. The van der Waals surface area contributed by atoms with Crippen molar-refractivity contribution >= 4 is 15.9 Å². The lowest BCUT2D eigenvalue weighted by molar-refractivity contribution is 0.768. The minimum absolute atomic E-state index is 0.329. The Morgan fingerprint density at radius 2 is 1.03 bits per heavy atom. The molecule has 5 aromatic rings. The van der Waals surface area contributed by atoms with Gasteiger partial charge in [-0.25, -0.2) is 0 Å². The second-order valence-electron chi connectivity index (χ2n) is 8.30. The summed E-state index contributed by atoms with van der Waals surface area (Å²) in [6.45, 7) is 0. The Labute approximate surface area is 197 Å². The summed E-state index contributed by atoms with van der Waals surface area (Å²) in [7, 11) is 0. The minimum Gasteiger partial charge on any atom is -0.0622 e. The zero-order valence-corrected chi connectivity index (χ0v) is 19.1. The molecule has 0 unspecified atom stereocenters. The van der Waals surface area contributed by atoms with Gasteiger partial charge in [-0.05, 0) is 62.7 Å². The first-order valence-electron chi connectivity index (χ1n) is 10.9. The van der Waals surface area contributed by atoms with Crippen molar-refractivity contribution in [3.63, 3.8) is 0 Å². The molecule has 1 aliphatic carbocycles. The fourth-order valence-corrected chi connectivity index (χ4v) is 5.70. The van der Waals surface area contributed by atoms with E-state index in [0.717, 1.165) is 4.47 Å². The molecule has 0 saturated carbocycles. The minimum atomic E-state index is -0.329. The van der Waals surface area contributed by atoms with Gasteiger partial charge in [-0.3, -0.25) is 0 Å². The summed E-state index contributed by atoms with van der Waals surface area (Å²) in [5, 5.41) is 0. The van der Waals surface area contributed by atoms with Crippen molar-refractivity contribution < 1.29 is 0 Å². The monoisotopic (exact) mass is 472 g/mol. The van der Waals surface area contributed by atoms with E-state index in [1.807, 2.05) is 0 Å². The van der Waals surface area contributed by atoms with E-state index in [4.69, 9.17) is 0 Å². The summed E-state index contributed by atoms with van der Waals surface area (Å²) in [6.07, 6.45) is 0. The standard InChI is InChI=1S/C31H21Br/c32-26-15-9-10-22(20-26)23-18-19-30-28(21-23)27-16-7-8-17-29(27)31(30,24-11-3-1-4-12-24)25-13-5-2-6-14-25/h1-21H. The van der Waals surface area contributed by atoms with Gasteiger partial charge in [-0.2, -0.15) is 0 Å². The van der Waals surface area contributed by atoms with Crippen LogP contribution in [-0.2, 0) is 5.41 Å². The van der Waals surface area contributed by atoms with Crippen LogP contribution in [0, 0.1) is 0 Å². The van der Waals surface area contributed by atoms with Gasteiger partial charge in [0.05, 0.1) is 5.41 Å². The lowest BCUT2D eigenvalue weighted by Gasteiger charge is -2.33. The molecular formula is C31H21Br. The number of halogens is 1. The van der Waals surface area contributed by atoms with E-state index in [9.17, 15) is 0 Å². The first-order chi connectivity index (χ1) is 15.8. The fraction of sp³-hybridized carbons (Fsp3) is 0.0323. The first kappa shape index (κ1) is 19.3. The molecule has 152 valence electrons. The predicted molar refractivity (Wildman–Crippen MR) is 137 cm³/mol. The van der Waals surface area contributed by atoms with Gasteiger partial charge in [0, 0.05) is 4.47 Å². The molecule has 0 saturated heterocycles. The molecule has 6 rings (SSSR count). The highest BCUT2D eigenvalue weighted by molar-refractivity contribution is 9.10. The highest BCUT2D eigenvalue weighted by Gasteiger charge is 2.45. The van der Waals surface area contributed by atoms with Crippen LogP contribution in [0.15, 0.2) is 132 Å². The van der Waals surface area contributed by atoms with Gasteiger partial charge >= 0.3 is 0 Å². The van der Waals surface area contributed by atoms with Gasteiger partial charge in [0.15, 0.2) is 0 Å². The van der Waals surface area contributed by atoms with Gasteiger partial charge in [-0.15, -0.1) is 0 Å². The molecule has 1 heteroatoms. The highest BCUT2D eigenvalue weighted by atomic mass is 79.9. The van der Waals surface area contributed by atoms with Crippen LogP contribution in [0.1, 0.15) is 22.3 Å². The molecule has 0 bridgehead atoms. The Morgan fingerprint density at radius 1 is 0.438 bits per heavy atom. The molecule has 32 heavy (non-hydrogen) atoms. The van der Waals surface area contributed by atoms with E-state index in [2.05, 4.69) is 143 Å². The molecule has 0 aromatic heterocycles. The molecule has 0 atom stereocenters. The normalized spacial score (nSPS) is 13.4.